The Morgan fingerprint density at radius 3 is 2.95 bits per heavy atom. The van der Waals surface area contributed by atoms with Gasteiger partial charge in [-0.25, -0.2) is 8.42 Å². The molecule has 8 heteroatoms. The van der Waals surface area contributed by atoms with Gasteiger partial charge >= 0.3 is 0 Å². The van der Waals surface area contributed by atoms with E-state index >= 15 is 0 Å². The first kappa shape index (κ1) is 16.7. The fourth-order valence-electron chi connectivity index (χ4n) is 2.40. The number of ether oxygens (including phenoxy) is 1. The number of nitrogens with one attached hydrogen (secondary N) is 1. The van der Waals surface area contributed by atoms with Crippen molar-refractivity contribution in [2.75, 3.05) is 32.2 Å². The number of nitrogens with zero attached hydrogens (tertiary/aromatic N) is 2. The van der Waals surface area contributed by atoms with Gasteiger partial charge < -0.3 is 10.1 Å². The highest BCUT2D eigenvalue weighted by molar-refractivity contribution is 7.91. The van der Waals surface area contributed by atoms with E-state index in [1.807, 2.05) is 0 Å². The highest BCUT2D eigenvalue weighted by atomic mass is 32.2. The van der Waals surface area contributed by atoms with Gasteiger partial charge in [-0.3, -0.25) is 14.7 Å². The minimum absolute atomic E-state index is 0.0781. The van der Waals surface area contributed by atoms with Crippen LogP contribution in [0.4, 0.5) is 0 Å². The predicted molar refractivity (Wildman–Crippen MR) is 82.3 cm³/mol. The van der Waals surface area contributed by atoms with Gasteiger partial charge in [0.15, 0.2) is 9.84 Å². The van der Waals surface area contributed by atoms with Crippen molar-refractivity contribution >= 4 is 15.7 Å². The summed E-state index contributed by atoms with van der Waals surface area (Å²) in [6.07, 6.45) is 2.21. The number of hydrogen-bond donors (Lipinski definition) is 1. The Bertz CT molecular complexity index is 633. The van der Waals surface area contributed by atoms with Crippen LogP contribution in [0.1, 0.15) is 12.1 Å². The monoisotopic (exact) mass is 327 g/mol. The molecule has 0 bridgehead atoms. The molecule has 2 heterocycles. The Balaban J connectivity index is 1.80. The van der Waals surface area contributed by atoms with Crippen molar-refractivity contribution in [1.82, 2.24) is 15.2 Å². The summed E-state index contributed by atoms with van der Waals surface area (Å²) in [5.74, 6) is 0.870. The molecular weight excluding hydrogens is 306 g/mol. The van der Waals surface area contributed by atoms with Crippen LogP contribution in [0.5, 0.6) is 5.75 Å². The summed E-state index contributed by atoms with van der Waals surface area (Å²) in [5.41, 5.74) is 0.707. The molecule has 2 rings (SSSR count). The van der Waals surface area contributed by atoms with Crippen molar-refractivity contribution in [3.05, 3.63) is 24.0 Å². The van der Waals surface area contributed by atoms with Gasteiger partial charge in [0.1, 0.15) is 5.75 Å². The SMILES string of the molecule is COc1ccnc(CNC(=O)CN(C)[C@H]2CCS(=O)(=O)C2)c1. The Kier molecular flexibility index (Phi) is 5.36. The quantitative estimate of drug-likeness (QED) is 0.780. The number of carbonyl (C=O) groups excluding carboxylic acids is 1. The number of amides is 1. The predicted octanol–water partition coefficient (Wildman–Crippen LogP) is -0.175. The van der Waals surface area contributed by atoms with Gasteiger partial charge in [0, 0.05) is 18.3 Å². The topological polar surface area (TPSA) is 88.6 Å². The Labute approximate surface area is 130 Å². The molecule has 0 unspecified atom stereocenters. The lowest BCUT2D eigenvalue weighted by molar-refractivity contribution is -0.122. The van der Waals surface area contributed by atoms with Gasteiger partial charge in [0.2, 0.25) is 5.91 Å². The Hall–Kier alpha value is -1.67. The van der Waals surface area contributed by atoms with Gasteiger partial charge in [-0.05, 0) is 19.5 Å². The number of rotatable bonds is 6. The summed E-state index contributed by atoms with van der Waals surface area (Å²) in [5, 5.41) is 2.78. The summed E-state index contributed by atoms with van der Waals surface area (Å²) < 4.78 is 28.0. The van der Waals surface area contributed by atoms with Crippen LogP contribution in [-0.4, -0.2) is 62.5 Å². The number of likely N-dealkylation sites (N-methyl/N-ethyl adjacent to an activating group) is 1. The number of methoxy groups -OCH3 is 1. The molecule has 1 N–H and O–H groups in total. The Morgan fingerprint density at radius 1 is 1.55 bits per heavy atom. The standard InChI is InChI=1S/C14H21N3O4S/c1-17(12-4-6-22(19,20)10-12)9-14(18)16-8-11-7-13(21-2)3-5-15-11/h3,5,7,12H,4,6,8-10H2,1-2H3,(H,16,18)/t12-/m0/s1. The molecule has 1 aromatic rings. The van der Waals surface area contributed by atoms with Crippen molar-refractivity contribution in [1.29, 1.82) is 0 Å². The van der Waals surface area contributed by atoms with E-state index in [1.54, 1.807) is 37.4 Å². The summed E-state index contributed by atoms with van der Waals surface area (Å²) in [7, 11) is 0.408. The molecular formula is C14H21N3O4S. The summed E-state index contributed by atoms with van der Waals surface area (Å²) in [6, 6.07) is 3.42. The minimum atomic E-state index is -2.94. The van der Waals surface area contributed by atoms with Crippen LogP contribution >= 0.6 is 0 Å². The van der Waals surface area contributed by atoms with Crippen molar-refractivity contribution < 1.29 is 17.9 Å². The van der Waals surface area contributed by atoms with E-state index in [4.69, 9.17) is 4.74 Å². The third-order valence-corrected chi connectivity index (χ3v) is 5.47. The van der Waals surface area contributed by atoms with E-state index in [1.165, 1.54) is 0 Å². The molecule has 1 aromatic heterocycles. The maximum Gasteiger partial charge on any atom is 0.234 e. The van der Waals surface area contributed by atoms with E-state index in [0.29, 0.717) is 24.4 Å². The lowest BCUT2D eigenvalue weighted by Crippen LogP contribution is -2.41. The number of pyridine rings is 1. The Morgan fingerprint density at radius 2 is 2.32 bits per heavy atom. The fraction of sp³-hybridized carbons (Fsp3) is 0.571. The average molecular weight is 327 g/mol. The van der Waals surface area contributed by atoms with E-state index < -0.39 is 9.84 Å². The minimum Gasteiger partial charge on any atom is -0.497 e. The first-order valence-corrected chi connectivity index (χ1v) is 8.88. The number of aromatic nitrogens is 1. The molecule has 0 aromatic carbocycles. The summed E-state index contributed by atoms with van der Waals surface area (Å²) in [6.45, 7) is 0.483. The molecule has 0 aliphatic carbocycles. The molecule has 0 saturated carbocycles. The molecule has 1 fully saturated rings. The van der Waals surface area contributed by atoms with Crippen LogP contribution in [0.25, 0.3) is 0 Å². The van der Waals surface area contributed by atoms with Crippen LogP contribution in [-0.2, 0) is 21.2 Å². The van der Waals surface area contributed by atoms with E-state index in [-0.39, 0.29) is 30.0 Å². The van der Waals surface area contributed by atoms with Crippen LogP contribution in [0.3, 0.4) is 0 Å². The van der Waals surface area contributed by atoms with Gasteiger partial charge in [0.05, 0.1) is 37.4 Å². The van der Waals surface area contributed by atoms with Crippen LogP contribution < -0.4 is 10.1 Å². The third kappa shape index (κ3) is 4.67. The smallest absolute Gasteiger partial charge is 0.234 e. The second-order valence-corrected chi connectivity index (χ2v) is 7.66. The molecule has 1 saturated heterocycles. The zero-order valence-electron chi connectivity index (χ0n) is 12.8. The number of sulfone groups is 1. The lowest BCUT2D eigenvalue weighted by Gasteiger charge is -2.22. The van der Waals surface area contributed by atoms with E-state index in [2.05, 4.69) is 10.3 Å². The summed E-state index contributed by atoms with van der Waals surface area (Å²) >= 11 is 0. The first-order valence-electron chi connectivity index (χ1n) is 7.06. The van der Waals surface area contributed by atoms with Crippen LogP contribution in [0.2, 0.25) is 0 Å². The molecule has 1 aliphatic heterocycles. The number of carbonyl (C=O) groups is 1. The zero-order valence-corrected chi connectivity index (χ0v) is 13.6. The van der Waals surface area contributed by atoms with Crippen molar-refractivity contribution in [3.8, 4) is 5.75 Å². The molecule has 122 valence electrons. The highest BCUT2D eigenvalue weighted by Gasteiger charge is 2.31. The van der Waals surface area contributed by atoms with Gasteiger partial charge in [0.25, 0.3) is 0 Å². The molecule has 22 heavy (non-hydrogen) atoms. The summed E-state index contributed by atoms with van der Waals surface area (Å²) in [4.78, 5) is 17.9. The first-order chi connectivity index (χ1) is 10.4. The van der Waals surface area contributed by atoms with Gasteiger partial charge in [-0.1, -0.05) is 0 Å². The molecule has 1 aliphatic rings. The second kappa shape index (κ2) is 7.06. The lowest BCUT2D eigenvalue weighted by atomic mass is 10.2. The van der Waals surface area contributed by atoms with Crippen molar-refractivity contribution in [2.45, 2.75) is 19.0 Å². The molecule has 1 amide bonds. The highest BCUT2D eigenvalue weighted by Crippen LogP contribution is 2.16. The van der Waals surface area contributed by atoms with E-state index in [9.17, 15) is 13.2 Å². The van der Waals surface area contributed by atoms with Gasteiger partial charge in [-0.2, -0.15) is 0 Å². The molecule has 1 atom stereocenters. The van der Waals surface area contributed by atoms with Crippen LogP contribution in [0.15, 0.2) is 18.3 Å². The zero-order chi connectivity index (χ0) is 16.2. The molecule has 7 nitrogen and oxygen atoms in total. The van der Waals surface area contributed by atoms with Crippen molar-refractivity contribution in [2.24, 2.45) is 0 Å². The fourth-order valence-corrected chi connectivity index (χ4v) is 4.21. The van der Waals surface area contributed by atoms with Crippen molar-refractivity contribution in [3.63, 3.8) is 0 Å². The second-order valence-electron chi connectivity index (χ2n) is 5.44. The number of hydrogen-bond acceptors (Lipinski definition) is 6. The molecule has 0 radical (unpaired) electrons. The normalized spacial score (nSPS) is 20.0. The maximum atomic E-state index is 11.9. The average Bonchev–Trinajstić information content (AvgIpc) is 2.85. The maximum absolute atomic E-state index is 11.9. The largest absolute Gasteiger partial charge is 0.497 e. The van der Waals surface area contributed by atoms with E-state index in [0.717, 1.165) is 0 Å². The molecule has 0 spiro atoms. The van der Waals surface area contributed by atoms with Crippen LogP contribution in [0, 0.1) is 0 Å². The third-order valence-electron chi connectivity index (χ3n) is 3.72. The van der Waals surface area contributed by atoms with Gasteiger partial charge in [-0.15, -0.1) is 0 Å².